The SMILES string of the molecule is COC(=O)C=Cc1cnc(N[C@H](C)CN(C)CC2CCCCC2)cn1. The molecular weight excluding hydrogens is 316 g/mol. The summed E-state index contributed by atoms with van der Waals surface area (Å²) in [6.07, 6.45) is 13.2. The summed E-state index contributed by atoms with van der Waals surface area (Å²) in [6, 6.07) is 0.291. The molecule has 0 saturated heterocycles. The minimum Gasteiger partial charge on any atom is -0.466 e. The largest absolute Gasteiger partial charge is 0.466 e. The molecule has 0 spiro atoms. The average molecular weight is 346 g/mol. The van der Waals surface area contributed by atoms with E-state index in [0.29, 0.717) is 11.7 Å². The molecule has 1 heterocycles. The predicted octanol–water partition coefficient (Wildman–Crippen LogP) is 2.98. The van der Waals surface area contributed by atoms with Gasteiger partial charge >= 0.3 is 5.97 Å². The van der Waals surface area contributed by atoms with Crippen LogP contribution in [0.3, 0.4) is 0 Å². The second-order valence-corrected chi connectivity index (χ2v) is 6.95. The van der Waals surface area contributed by atoms with Crippen molar-refractivity contribution in [3.8, 4) is 0 Å². The van der Waals surface area contributed by atoms with Crippen LogP contribution in [0.2, 0.25) is 0 Å². The number of likely N-dealkylation sites (N-methyl/N-ethyl adjacent to an activating group) is 1. The van der Waals surface area contributed by atoms with E-state index >= 15 is 0 Å². The van der Waals surface area contributed by atoms with Gasteiger partial charge < -0.3 is 15.0 Å². The van der Waals surface area contributed by atoms with Gasteiger partial charge in [0, 0.05) is 25.2 Å². The Morgan fingerprint density at radius 3 is 2.76 bits per heavy atom. The molecule has 1 fully saturated rings. The van der Waals surface area contributed by atoms with Gasteiger partial charge in [0.25, 0.3) is 0 Å². The molecule has 1 aromatic rings. The number of rotatable bonds is 8. The maximum Gasteiger partial charge on any atom is 0.330 e. The Bertz CT molecular complexity index is 553. The summed E-state index contributed by atoms with van der Waals surface area (Å²) >= 11 is 0. The van der Waals surface area contributed by atoms with Crippen molar-refractivity contribution in [2.45, 2.75) is 45.1 Å². The summed E-state index contributed by atoms with van der Waals surface area (Å²) in [5.41, 5.74) is 0.623. The molecule has 0 bridgehead atoms. The highest BCUT2D eigenvalue weighted by atomic mass is 16.5. The van der Waals surface area contributed by atoms with E-state index in [9.17, 15) is 4.79 Å². The molecule has 1 atom stereocenters. The first kappa shape index (κ1) is 19.4. The van der Waals surface area contributed by atoms with Gasteiger partial charge in [-0.25, -0.2) is 9.78 Å². The fraction of sp³-hybridized carbons (Fsp3) is 0.632. The van der Waals surface area contributed by atoms with E-state index in [1.165, 1.54) is 51.8 Å². The lowest BCUT2D eigenvalue weighted by Gasteiger charge is -2.29. The van der Waals surface area contributed by atoms with Crippen LogP contribution in [-0.4, -0.2) is 54.1 Å². The molecule has 1 aliphatic carbocycles. The molecule has 25 heavy (non-hydrogen) atoms. The maximum absolute atomic E-state index is 11.1. The van der Waals surface area contributed by atoms with Gasteiger partial charge in [0.2, 0.25) is 0 Å². The van der Waals surface area contributed by atoms with Crippen LogP contribution >= 0.6 is 0 Å². The number of nitrogens with one attached hydrogen (secondary N) is 1. The molecule has 1 saturated carbocycles. The molecule has 0 aliphatic heterocycles. The van der Waals surface area contributed by atoms with Crippen LogP contribution in [-0.2, 0) is 9.53 Å². The van der Waals surface area contributed by atoms with Gasteiger partial charge in [-0.15, -0.1) is 0 Å². The normalized spacial score (nSPS) is 17.0. The van der Waals surface area contributed by atoms with E-state index in [0.717, 1.165) is 18.3 Å². The molecule has 0 amide bonds. The van der Waals surface area contributed by atoms with Crippen LogP contribution in [0.4, 0.5) is 5.82 Å². The number of aromatic nitrogens is 2. The number of anilines is 1. The van der Waals surface area contributed by atoms with Crippen molar-refractivity contribution in [2.75, 3.05) is 32.6 Å². The van der Waals surface area contributed by atoms with Crippen molar-refractivity contribution >= 4 is 17.9 Å². The minimum absolute atomic E-state index is 0.291. The predicted molar refractivity (Wildman–Crippen MR) is 100 cm³/mol. The Balaban J connectivity index is 1.76. The number of ether oxygens (including phenoxy) is 1. The summed E-state index contributed by atoms with van der Waals surface area (Å²) in [7, 11) is 3.54. The number of methoxy groups -OCH3 is 1. The van der Waals surface area contributed by atoms with E-state index in [1.807, 2.05) is 0 Å². The van der Waals surface area contributed by atoms with Gasteiger partial charge in [0.1, 0.15) is 5.82 Å². The Hall–Kier alpha value is -1.95. The van der Waals surface area contributed by atoms with Crippen molar-refractivity contribution in [2.24, 2.45) is 5.92 Å². The summed E-state index contributed by atoms with van der Waals surface area (Å²) < 4.78 is 4.55. The molecule has 0 unspecified atom stereocenters. The van der Waals surface area contributed by atoms with E-state index in [1.54, 1.807) is 18.5 Å². The highest BCUT2D eigenvalue weighted by Crippen LogP contribution is 2.24. The number of nitrogens with zero attached hydrogens (tertiary/aromatic N) is 3. The molecule has 2 rings (SSSR count). The van der Waals surface area contributed by atoms with Crippen LogP contribution in [0.25, 0.3) is 6.08 Å². The Morgan fingerprint density at radius 1 is 1.36 bits per heavy atom. The molecular formula is C19H30N4O2. The zero-order chi connectivity index (χ0) is 18.1. The monoisotopic (exact) mass is 346 g/mol. The Morgan fingerprint density at radius 2 is 2.12 bits per heavy atom. The first-order valence-corrected chi connectivity index (χ1v) is 9.10. The molecule has 6 heteroatoms. The summed E-state index contributed by atoms with van der Waals surface area (Å²) in [5.74, 6) is 1.19. The highest BCUT2D eigenvalue weighted by Gasteiger charge is 2.16. The van der Waals surface area contributed by atoms with E-state index in [-0.39, 0.29) is 0 Å². The molecule has 1 aliphatic rings. The van der Waals surface area contributed by atoms with Gasteiger partial charge in [-0.3, -0.25) is 4.98 Å². The average Bonchev–Trinajstić information content (AvgIpc) is 2.61. The molecule has 138 valence electrons. The smallest absolute Gasteiger partial charge is 0.330 e. The second-order valence-electron chi connectivity index (χ2n) is 6.95. The molecule has 6 nitrogen and oxygen atoms in total. The number of hydrogen-bond donors (Lipinski definition) is 1. The molecule has 0 radical (unpaired) electrons. The van der Waals surface area contributed by atoms with Gasteiger partial charge in [0.15, 0.2) is 0 Å². The number of carbonyl (C=O) groups excluding carboxylic acids is 1. The molecule has 1 N–H and O–H groups in total. The lowest BCUT2D eigenvalue weighted by molar-refractivity contribution is -0.134. The Labute approximate surface area is 150 Å². The van der Waals surface area contributed by atoms with Crippen LogP contribution in [0.5, 0.6) is 0 Å². The second kappa shape index (κ2) is 10.1. The topological polar surface area (TPSA) is 67.3 Å². The first-order valence-electron chi connectivity index (χ1n) is 9.10. The lowest BCUT2D eigenvalue weighted by atomic mass is 9.89. The minimum atomic E-state index is -0.404. The molecule has 1 aromatic heterocycles. The van der Waals surface area contributed by atoms with Crippen molar-refractivity contribution in [3.63, 3.8) is 0 Å². The molecule has 0 aromatic carbocycles. The van der Waals surface area contributed by atoms with Crippen LogP contribution in [0.15, 0.2) is 18.5 Å². The summed E-state index contributed by atoms with van der Waals surface area (Å²) in [4.78, 5) is 22.1. The zero-order valence-electron chi connectivity index (χ0n) is 15.6. The van der Waals surface area contributed by atoms with E-state index < -0.39 is 5.97 Å². The van der Waals surface area contributed by atoms with Crippen molar-refractivity contribution in [3.05, 3.63) is 24.2 Å². The summed E-state index contributed by atoms with van der Waals surface area (Å²) in [6.45, 7) is 4.31. The Kier molecular flexibility index (Phi) is 7.85. The number of hydrogen-bond acceptors (Lipinski definition) is 6. The number of esters is 1. The van der Waals surface area contributed by atoms with Gasteiger partial charge in [-0.2, -0.15) is 0 Å². The third kappa shape index (κ3) is 7.22. The standard InChI is InChI=1S/C19H30N4O2/c1-15(13-23(2)14-16-7-5-4-6-8-16)22-18-12-20-17(11-21-18)9-10-19(24)25-3/h9-12,15-16H,4-8,13-14H2,1-3H3,(H,21,22)/t15-/m1/s1. The van der Waals surface area contributed by atoms with E-state index in [2.05, 4.69) is 38.9 Å². The third-order valence-electron chi connectivity index (χ3n) is 4.54. The van der Waals surface area contributed by atoms with Crippen LogP contribution in [0.1, 0.15) is 44.7 Å². The maximum atomic E-state index is 11.1. The fourth-order valence-corrected chi connectivity index (χ4v) is 3.37. The van der Waals surface area contributed by atoms with Crippen LogP contribution < -0.4 is 5.32 Å². The highest BCUT2D eigenvalue weighted by molar-refractivity contribution is 5.86. The van der Waals surface area contributed by atoms with Gasteiger partial charge in [-0.1, -0.05) is 19.3 Å². The van der Waals surface area contributed by atoms with E-state index in [4.69, 9.17) is 0 Å². The van der Waals surface area contributed by atoms with Gasteiger partial charge in [-0.05, 0) is 38.8 Å². The summed E-state index contributed by atoms with van der Waals surface area (Å²) in [5, 5.41) is 3.38. The van der Waals surface area contributed by atoms with Crippen molar-refractivity contribution in [1.29, 1.82) is 0 Å². The van der Waals surface area contributed by atoms with Gasteiger partial charge in [0.05, 0.1) is 25.2 Å². The number of carbonyl (C=O) groups is 1. The third-order valence-corrected chi connectivity index (χ3v) is 4.54. The zero-order valence-corrected chi connectivity index (χ0v) is 15.6. The van der Waals surface area contributed by atoms with Crippen molar-refractivity contribution < 1.29 is 9.53 Å². The van der Waals surface area contributed by atoms with Crippen molar-refractivity contribution in [1.82, 2.24) is 14.9 Å². The lowest BCUT2D eigenvalue weighted by Crippen LogP contribution is -2.36. The fourth-order valence-electron chi connectivity index (χ4n) is 3.37. The quantitative estimate of drug-likeness (QED) is 0.576. The van der Waals surface area contributed by atoms with Crippen LogP contribution in [0, 0.1) is 5.92 Å². The first-order chi connectivity index (χ1) is 12.1.